The second-order valence-electron chi connectivity index (χ2n) is 8.49. The predicted octanol–water partition coefficient (Wildman–Crippen LogP) is 3.08. The minimum atomic E-state index is -0.627. The third-order valence-corrected chi connectivity index (χ3v) is 6.58. The first-order valence-electron chi connectivity index (χ1n) is 11.5. The summed E-state index contributed by atoms with van der Waals surface area (Å²) in [5, 5.41) is 0.455. The average Bonchev–Trinajstić information content (AvgIpc) is 3.16. The SMILES string of the molecule is COc1ccc(OC)c([C@@H]2c3c(oc4ccccc4c3=O)C(=O)N2CCCN2CCOCC2)c1. The van der Waals surface area contributed by atoms with Crippen LogP contribution in [-0.4, -0.2) is 69.3 Å². The molecule has 0 N–H and O–H groups in total. The van der Waals surface area contributed by atoms with E-state index in [1.807, 2.05) is 6.07 Å². The Bertz CT molecular complexity index is 1260. The lowest BCUT2D eigenvalue weighted by Crippen LogP contribution is -2.39. The van der Waals surface area contributed by atoms with Gasteiger partial charge in [0.15, 0.2) is 5.43 Å². The maximum absolute atomic E-state index is 13.6. The molecule has 3 heterocycles. The van der Waals surface area contributed by atoms with E-state index < -0.39 is 6.04 Å². The second-order valence-corrected chi connectivity index (χ2v) is 8.49. The molecule has 1 amide bonds. The molecule has 0 aliphatic carbocycles. The van der Waals surface area contributed by atoms with Crippen LogP contribution in [-0.2, 0) is 4.74 Å². The van der Waals surface area contributed by atoms with Gasteiger partial charge in [-0.2, -0.15) is 0 Å². The van der Waals surface area contributed by atoms with Crippen LogP contribution in [0.3, 0.4) is 0 Å². The number of hydrogen-bond donors (Lipinski definition) is 0. The zero-order valence-corrected chi connectivity index (χ0v) is 19.4. The van der Waals surface area contributed by atoms with Crippen molar-refractivity contribution in [3.05, 3.63) is 69.6 Å². The first kappa shape index (κ1) is 22.4. The van der Waals surface area contributed by atoms with Gasteiger partial charge in [0.05, 0.1) is 44.4 Å². The van der Waals surface area contributed by atoms with Crippen LogP contribution in [0.1, 0.15) is 34.1 Å². The zero-order chi connectivity index (χ0) is 23.7. The third kappa shape index (κ3) is 3.93. The van der Waals surface area contributed by atoms with E-state index in [-0.39, 0.29) is 17.1 Å². The molecule has 5 rings (SSSR count). The van der Waals surface area contributed by atoms with Crippen molar-refractivity contribution in [1.29, 1.82) is 0 Å². The molecule has 0 bridgehead atoms. The number of ether oxygens (including phenoxy) is 3. The Balaban J connectivity index is 1.58. The molecular formula is C26H28N2O6. The van der Waals surface area contributed by atoms with Crippen LogP contribution in [0.4, 0.5) is 0 Å². The van der Waals surface area contributed by atoms with Gasteiger partial charge in [-0.15, -0.1) is 0 Å². The highest BCUT2D eigenvalue weighted by atomic mass is 16.5. The molecule has 1 fully saturated rings. The Hall–Kier alpha value is -3.36. The minimum Gasteiger partial charge on any atom is -0.497 e. The quantitative estimate of drug-likeness (QED) is 0.532. The number of carbonyl (C=O) groups excluding carboxylic acids is 1. The van der Waals surface area contributed by atoms with Gasteiger partial charge in [0.1, 0.15) is 17.1 Å². The lowest BCUT2D eigenvalue weighted by atomic mass is 9.97. The number of amides is 1. The molecule has 2 aliphatic heterocycles. The van der Waals surface area contributed by atoms with Crippen molar-refractivity contribution in [2.75, 3.05) is 53.6 Å². The van der Waals surface area contributed by atoms with Gasteiger partial charge in [-0.3, -0.25) is 14.5 Å². The summed E-state index contributed by atoms with van der Waals surface area (Å²) in [7, 11) is 3.16. The van der Waals surface area contributed by atoms with Gasteiger partial charge in [0.25, 0.3) is 5.91 Å². The van der Waals surface area contributed by atoms with Crippen LogP contribution in [0, 0.1) is 0 Å². The zero-order valence-electron chi connectivity index (χ0n) is 19.4. The summed E-state index contributed by atoms with van der Waals surface area (Å²) < 4.78 is 22.5. The van der Waals surface area contributed by atoms with Gasteiger partial charge in [0, 0.05) is 31.7 Å². The average molecular weight is 465 g/mol. The standard InChI is InChI=1S/C26H28N2O6/c1-31-17-8-9-20(32-2)19(16-17)23-22-24(29)18-6-3-4-7-21(18)34-25(22)26(30)28(23)11-5-10-27-12-14-33-15-13-27/h3-4,6-9,16,23H,5,10-15H2,1-2H3/t23-/m1/s1. The summed E-state index contributed by atoms with van der Waals surface area (Å²) in [6.07, 6.45) is 0.760. The van der Waals surface area contributed by atoms with Crippen molar-refractivity contribution in [2.24, 2.45) is 0 Å². The fourth-order valence-corrected chi connectivity index (χ4v) is 4.86. The monoisotopic (exact) mass is 464 g/mol. The molecule has 8 nitrogen and oxygen atoms in total. The molecular weight excluding hydrogens is 436 g/mol. The van der Waals surface area contributed by atoms with Crippen molar-refractivity contribution < 1.29 is 23.4 Å². The Morgan fingerprint density at radius 2 is 1.79 bits per heavy atom. The first-order chi connectivity index (χ1) is 16.6. The largest absolute Gasteiger partial charge is 0.497 e. The van der Waals surface area contributed by atoms with Gasteiger partial charge in [0.2, 0.25) is 5.76 Å². The Morgan fingerprint density at radius 3 is 2.56 bits per heavy atom. The molecule has 178 valence electrons. The third-order valence-electron chi connectivity index (χ3n) is 6.58. The van der Waals surface area contributed by atoms with Gasteiger partial charge < -0.3 is 23.5 Å². The maximum Gasteiger partial charge on any atom is 0.290 e. The molecule has 0 spiro atoms. The first-order valence-corrected chi connectivity index (χ1v) is 11.5. The number of hydrogen-bond acceptors (Lipinski definition) is 7. The normalized spacial score (nSPS) is 18.4. The van der Waals surface area contributed by atoms with Gasteiger partial charge in [-0.25, -0.2) is 0 Å². The highest BCUT2D eigenvalue weighted by molar-refractivity contribution is 5.99. The Morgan fingerprint density at radius 1 is 1.00 bits per heavy atom. The minimum absolute atomic E-state index is 0.102. The fourth-order valence-electron chi connectivity index (χ4n) is 4.86. The van der Waals surface area contributed by atoms with Gasteiger partial charge in [-0.05, 0) is 36.8 Å². The van der Waals surface area contributed by atoms with E-state index in [1.165, 1.54) is 0 Å². The van der Waals surface area contributed by atoms with E-state index in [0.717, 1.165) is 39.3 Å². The summed E-state index contributed by atoms with van der Waals surface area (Å²) in [6.45, 7) is 4.53. The highest BCUT2D eigenvalue weighted by Gasteiger charge is 2.43. The molecule has 0 unspecified atom stereocenters. The summed E-state index contributed by atoms with van der Waals surface area (Å²) >= 11 is 0. The summed E-state index contributed by atoms with van der Waals surface area (Å²) in [5.41, 5.74) is 1.26. The molecule has 1 atom stereocenters. The van der Waals surface area contributed by atoms with Crippen LogP contribution in [0.5, 0.6) is 11.5 Å². The smallest absolute Gasteiger partial charge is 0.290 e. The Labute approximate surface area is 197 Å². The van der Waals surface area contributed by atoms with E-state index in [9.17, 15) is 9.59 Å². The van der Waals surface area contributed by atoms with Crippen molar-refractivity contribution >= 4 is 16.9 Å². The molecule has 2 aliphatic rings. The number of carbonyl (C=O) groups is 1. The highest BCUT2D eigenvalue weighted by Crippen LogP contribution is 2.42. The van der Waals surface area contributed by atoms with Crippen molar-refractivity contribution in [3.63, 3.8) is 0 Å². The van der Waals surface area contributed by atoms with Crippen LogP contribution < -0.4 is 14.9 Å². The number of para-hydroxylation sites is 1. The van der Waals surface area contributed by atoms with E-state index in [1.54, 1.807) is 55.5 Å². The lowest BCUT2D eigenvalue weighted by Gasteiger charge is -2.29. The second kappa shape index (κ2) is 9.48. The molecule has 3 aromatic rings. The molecule has 1 saturated heterocycles. The molecule has 34 heavy (non-hydrogen) atoms. The number of morpholine rings is 1. The van der Waals surface area contributed by atoms with Gasteiger partial charge >= 0.3 is 0 Å². The maximum atomic E-state index is 13.6. The van der Waals surface area contributed by atoms with Crippen LogP contribution in [0.2, 0.25) is 0 Å². The summed E-state index contributed by atoms with van der Waals surface area (Å²) in [4.78, 5) is 31.3. The van der Waals surface area contributed by atoms with Crippen LogP contribution in [0.15, 0.2) is 51.7 Å². The molecule has 0 saturated carbocycles. The number of rotatable bonds is 7. The van der Waals surface area contributed by atoms with Crippen molar-refractivity contribution in [3.8, 4) is 11.5 Å². The Kier molecular flexibility index (Phi) is 6.26. The van der Waals surface area contributed by atoms with E-state index in [2.05, 4.69) is 4.90 Å². The van der Waals surface area contributed by atoms with Crippen molar-refractivity contribution in [1.82, 2.24) is 9.80 Å². The van der Waals surface area contributed by atoms with Crippen LogP contribution in [0.25, 0.3) is 11.0 Å². The van der Waals surface area contributed by atoms with E-state index in [4.69, 9.17) is 18.6 Å². The number of fused-ring (bicyclic) bond motifs is 2. The van der Waals surface area contributed by atoms with E-state index >= 15 is 0 Å². The number of nitrogens with zero attached hydrogens (tertiary/aromatic N) is 2. The topological polar surface area (TPSA) is 81.5 Å². The van der Waals surface area contributed by atoms with Gasteiger partial charge in [-0.1, -0.05) is 12.1 Å². The van der Waals surface area contributed by atoms with E-state index in [0.29, 0.717) is 40.1 Å². The van der Waals surface area contributed by atoms with Crippen molar-refractivity contribution in [2.45, 2.75) is 12.5 Å². The lowest BCUT2D eigenvalue weighted by molar-refractivity contribution is 0.0353. The van der Waals surface area contributed by atoms with Crippen LogP contribution >= 0.6 is 0 Å². The number of methoxy groups -OCH3 is 2. The molecule has 8 heteroatoms. The predicted molar refractivity (Wildman–Crippen MR) is 127 cm³/mol. The molecule has 1 aromatic heterocycles. The number of benzene rings is 2. The molecule has 0 radical (unpaired) electrons. The molecule has 2 aromatic carbocycles. The summed E-state index contributed by atoms with van der Waals surface area (Å²) in [5.74, 6) is 1.02. The summed E-state index contributed by atoms with van der Waals surface area (Å²) in [6, 6.07) is 11.8. The fraction of sp³-hybridized carbons (Fsp3) is 0.385.